The summed E-state index contributed by atoms with van der Waals surface area (Å²) in [6.45, 7) is 2.54. The smallest absolute Gasteiger partial charge is 0.261 e. The molecule has 4 N–H and O–H groups in total. The quantitative estimate of drug-likeness (QED) is 0.177. The van der Waals surface area contributed by atoms with Gasteiger partial charge in [-0.25, -0.2) is 18.3 Å². The Bertz CT molecular complexity index is 1930. The van der Waals surface area contributed by atoms with Crippen molar-refractivity contribution in [2.45, 2.75) is 19.9 Å². The van der Waals surface area contributed by atoms with E-state index < -0.39 is 23.1 Å². The number of carbonyl (C=O) groups excluding carboxylic acids is 1. The van der Waals surface area contributed by atoms with Crippen LogP contribution >= 0.6 is 0 Å². The van der Waals surface area contributed by atoms with Gasteiger partial charge in [-0.05, 0) is 72.1 Å². The van der Waals surface area contributed by atoms with Crippen LogP contribution in [0.5, 0.6) is 0 Å². The fourth-order valence-electron chi connectivity index (χ4n) is 5.17. The number of hydrogen-bond donors (Lipinski definition) is 3. The third-order valence-corrected chi connectivity index (χ3v) is 7.25. The lowest BCUT2D eigenvalue weighted by molar-refractivity contribution is 0.101. The van der Waals surface area contributed by atoms with E-state index in [-0.39, 0.29) is 0 Å². The second-order valence-corrected chi connectivity index (χ2v) is 9.95. The van der Waals surface area contributed by atoms with Crippen molar-refractivity contribution in [3.8, 4) is 22.4 Å². The van der Waals surface area contributed by atoms with Crippen LogP contribution in [0.2, 0.25) is 0 Å². The van der Waals surface area contributed by atoms with Gasteiger partial charge >= 0.3 is 0 Å². The second kappa shape index (κ2) is 11.8. The molecule has 0 fully saturated rings. The lowest BCUT2D eigenvalue weighted by Gasteiger charge is -2.15. The van der Waals surface area contributed by atoms with Gasteiger partial charge in [0.05, 0.1) is 5.52 Å². The number of hydrogen-bond acceptors (Lipinski definition) is 5. The molecular formula is C34H28F2N6O. The Labute approximate surface area is 247 Å². The van der Waals surface area contributed by atoms with Crippen molar-refractivity contribution >= 4 is 28.6 Å². The zero-order chi connectivity index (χ0) is 29.9. The van der Waals surface area contributed by atoms with Gasteiger partial charge in [0, 0.05) is 47.0 Å². The average Bonchev–Trinajstić information content (AvgIpc) is 3.41. The van der Waals surface area contributed by atoms with Gasteiger partial charge in [0.15, 0.2) is 0 Å². The van der Waals surface area contributed by atoms with E-state index in [1.807, 2.05) is 65.3 Å². The molecule has 1 amide bonds. The molecule has 3 heterocycles. The highest BCUT2D eigenvalue weighted by Gasteiger charge is 2.22. The first-order valence-electron chi connectivity index (χ1n) is 13.8. The summed E-state index contributed by atoms with van der Waals surface area (Å²) in [5.41, 5.74) is 12.6. The van der Waals surface area contributed by atoms with Gasteiger partial charge in [-0.3, -0.25) is 4.79 Å². The van der Waals surface area contributed by atoms with Crippen LogP contribution in [-0.4, -0.2) is 20.5 Å². The summed E-state index contributed by atoms with van der Waals surface area (Å²) in [7, 11) is 0. The molecule has 0 saturated heterocycles. The van der Waals surface area contributed by atoms with E-state index >= 15 is 0 Å². The predicted octanol–water partition coefficient (Wildman–Crippen LogP) is 7.36. The Morgan fingerprint density at radius 2 is 1.67 bits per heavy atom. The molecule has 9 heteroatoms. The molecule has 0 aliphatic carbocycles. The molecular weight excluding hydrogens is 546 g/mol. The Hall–Kier alpha value is -5.41. The second-order valence-electron chi connectivity index (χ2n) is 9.95. The maximum Gasteiger partial charge on any atom is 0.261 e. The number of benzene rings is 3. The first-order valence-corrected chi connectivity index (χ1v) is 13.8. The van der Waals surface area contributed by atoms with E-state index in [1.54, 1.807) is 24.4 Å². The number of fused-ring (bicyclic) bond motifs is 1. The monoisotopic (exact) mass is 574 g/mol. The Kier molecular flexibility index (Phi) is 7.63. The fraction of sp³-hybridized carbons (Fsp3) is 0.0882. The van der Waals surface area contributed by atoms with Crippen LogP contribution in [0, 0.1) is 11.6 Å². The molecule has 0 bridgehead atoms. The summed E-state index contributed by atoms with van der Waals surface area (Å²) in [4.78, 5) is 17.5. The van der Waals surface area contributed by atoms with Crippen molar-refractivity contribution in [3.63, 3.8) is 0 Å². The van der Waals surface area contributed by atoms with Gasteiger partial charge in [0.1, 0.15) is 28.7 Å². The molecule has 3 aromatic heterocycles. The molecule has 214 valence electrons. The molecule has 3 aromatic carbocycles. The number of anilines is 3. The normalized spacial score (nSPS) is 11.1. The van der Waals surface area contributed by atoms with Crippen LogP contribution < -0.4 is 16.4 Å². The van der Waals surface area contributed by atoms with Gasteiger partial charge in [-0.2, -0.15) is 5.10 Å². The maximum atomic E-state index is 14.3. The number of halogens is 2. The molecule has 0 saturated carbocycles. The van der Waals surface area contributed by atoms with Crippen molar-refractivity contribution in [2.24, 2.45) is 5.73 Å². The number of rotatable bonds is 8. The van der Waals surface area contributed by atoms with E-state index in [0.29, 0.717) is 24.3 Å². The molecule has 0 spiro atoms. The molecule has 0 atom stereocenters. The van der Waals surface area contributed by atoms with Crippen LogP contribution in [-0.2, 0) is 13.0 Å². The highest BCUT2D eigenvalue weighted by molar-refractivity contribution is 6.05. The predicted molar refractivity (Wildman–Crippen MR) is 165 cm³/mol. The largest absolute Gasteiger partial charge is 0.340 e. The van der Waals surface area contributed by atoms with Crippen molar-refractivity contribution in [1.82, 2.24) is 14.6 Å². The molecule has 6 rings (SSSR count). The van der Waals surface area contributed by atoms with Gasteiger partial charge in [-0.1, -0.05) is 43.3 Å². The van der Waals surface area contributed by atoms with Crippen LogP contribution in [0.3, 0.4) is 0 Å². The highest BCUT2D eigenvalue weighted by atomic mass is 19.1. The molecule has 43 heavy (non-hydrogen) atoms. The van der Waals surface area contributed by atoms with Gasteiger partial charge in [0.25, 0.3) is 5.91 Å². The third kappa shape index (κ3) is 5.45. The van der Waals surface area contributed by atoms with Crippen LogP contribution in [0.4, 0.5) is 26.0 Å². The molecule has 7 nitrogen and oxygen atoms in total. The molecule has 0 aliphatic rings. The van der Waals surface area contributed by atoms with Crippen LogP contribution in [0.15, 0.2) is 103 Å². The molecule has 0 radical (unpaired) electrons. The highest BCUT2D eigenvalue weighted by Crippen LogP contribution is 2.39. The fourth-order valence-corrected chi connectivity index (χ4v) is 5.17. The maximum absolute atomic E-state index is 14.3. The lowest BCUT2D eigenvalue weighted by Crippen LogP contribution is -2.15. The Balaban J connectivity index is 1.43. The van der Waals surface area contributed by atoms with Crippen molar-refractivity contribution in [1.29, 1.82) is 0 Å². The van der Waals surface area contributed by atoms with Crippen molar-refractivity contribution in [3.05, 3.63) is 132 Å². The third-order valence-electron chi connectivity index (χ3n) is 7.25. The lowest BCUT2D eigenvalue weighted by atomic mass is 9.95. The topological polar surface area (TPSA) is 97.3 Å². The first kappa shape index (κ1) is 27.7. The van der Waals surface area contributed by atoms with Gasteiger partial charge < -0.3 is 16.4 Å². The number of nitrogens with two attached hydrogens (primary N) is 1. The average molecular weight is 575 g/mol. The molecule has 6 aromatic rings. The Morgan fingerprint density at radius 3 is 2.42 bits per heavy atom. The van der Waals surface area contributed by atoms with Crippen molar-refractivity contribution < 1.29 is 13.6 Å². The SMILES string of the molecule is CCc1c(-c2c(-c3cccc(NC(=O)c4c(F)cccc4F)c3)nn3ccccc23)ccnc1Nc1ccc(CN)cc1. The minimum Gasteiger partial charge on any atom is -0.340 e. The van der Waals surface area contributed by atoms with E-state index in [2.05, 4.69) is 22.5 Å². The zero-order valence-electron chi connectivity index (χ0n) is 23.3. The first-order chi connectivity index (χ1) is 21.0. The Morgan fingerprint density at radius 1 is 0.907 bits per heavy atom. The minimum atomic E-state index is -0.930. The van der Waals surface area contributed by atoms with Crippen molar-refractivity contribution in [2.75, 3.05) is 10.6 Å². The number of amides is 1. The van der Waals surface area contributed by atoms with Gasteiger partial charge in [-0.15, -0.1) is 0 Å². The number of pyridine rings is 2. The summed E-state index contributed by atoms with van der Waals surface area (Å²) in [5, 5.41) is 11.0. The summed E-state index contributed by atoms with van der Waals surface area (Å²) in [5.74, 6) is -2.00. The molecule has 0 aliphatic heterocycles. The van der Waals surface area contributed by atoms with E-state index in [1.165, 1.54) is 6.07 Å². The van der Waals surface area contributed by atoms with E-state index in [9.17, 15) is 13.6 Å². The summed E-state index contributed by atoms with van der Waals surface area (Å²) in [6, 6.07) is 26.1. The van der Waals surface area contributed by atoms with Crippen LogP contribution in [0.1, 0.15) is 28.4 Å². The zero-order valence-corrected chi connectivity index (χ0v) is 23.3. The van der Waals surface area contributed by atoms with E-state index in [0.717, 1.165) is 57.0 Å². The minimum absolute atomic E-state index is 0.377. The standard InChI is InChI=1S/C34H28F2N6O/c1-2-25-26(16-17-38-33(25)39-23-14-12-21(20-37)13-15-23)30-29-11-3-4-18-42(29)41-32(30)22-7-5-8-24(19-22)40-34(43)31-27(35)9-6-10-28(31)36/h3-19H,2,20,37H2,1H3,(H,38,39)(H,40,43). The number of carbonyl (C=O) groups is 1. The summed E-state index contributed by atoms with van der Waals surface area (Å²) < 4.78 is 30.3. The number of nitrogens with zero attached hydrogens (tertiary/aromatic N) is 3. The summed E-state index contributed by atoms with van der Waals surface area (Å²) >= 11 is 0. The number of nitrogens with one attached hydrogen (secondary N) is 2. The van der Waals surface area contributed by atoms with E-state index in [4.69, 9.17) is 10.8 Å². The summed E-state index contributed by atoms with van der Waals surface area (Å²) in [6.07, 6.45) is 4.33. The number of aromatic nitrogens is 3. The van der Waals surface area contributed by atoms with Gasteiger partial charge in [0.2, 0.25) is 0 Å². The molecule has 0 unspecified atom stereocenters. The van der Waals surface area contributed by atoms with Crippen LogP contribution in [0.25, 0.3) is 27.9 Å².